The van der Waals surface area contributed by atoms with Gasteiger partial charge >= 0.3 is 0 Å². The van der Waals surface area contributed by atoms with Crippen LogP contribution in [0.25, 0.3) is 0 Å². The lowest BCUT2D eigenvalue weighted by Crippen LogP contribution is -2.59. The summed E-state index contributed by atoms with van der Waals surface area (Å²) in [4.78, 5) is 1.68. The van der Waals surface area contributed by atoms with Crippen LogP contribution in [0.5, 0.6) is 5.75 Å². The fourth-order valence-electron chi connectivity index (χ4n) is 3.59. The molecule has 0 spiro atoms. The van der Waals surface area contributed by atoms with E-state index in [0.29, 0.717) is 18.4 Å². The van der Waals surface area contributed by atoms with Crippen molar-refractivity contribution in [3.05, 3.63) is 17.7 Å². The Balaban J connectivity index is 2.58. The van der Waals surface area contributed by atoms with Crippen molar-refractivity contribution in [2.24, 2.45) is 0 Å². The van der Waals surface area contributed by atoms with Gasteiger partial charge in [0.1, 0.15) is 21.4 Å². The minimum atomic E-state index is -1.29. The molecular formula is C16H21B4NO2. The number of phenols is 1. The third-order valence-corrected chi connectivity index (χ3v) is 5.02. The van der Waals surface area contributed by atoms with Crippen molar-refractivity contribution >= 4 is 42.3 Å². The number of nitrogens with zero attached hydrogens (tertiary/aromatic N) is 1. The third-order valence-electron chi connectivity index (χ3n) is 5.02. The fourth-order valence-corrected chi connectivity index (χ4v) is 3.59. The molecular weight excluding hydrogens is 281 g/mol. The maximum Gasteiger partial charge on any atom is 0.118 e. The summed E-state index contributed by atoms with van der Waals surface area (Å²) < 4.78 is 0. The lowest BCUT2D eigenvalue weighted by Gasteiger charge is -2.51. The van der Waals surface area contributed by atoms with Gasteiger partial charge in [-0.2, -0.15) is 0 Å². The lowest BCUT2D eigenvalue weighted by molar-refractivity contribution is -0.0389. The van der Waals surface area contributed by atoms with Gasteiger partial charge in [-0.3, -0.25) is 0 Å². The average Bonchev–Trinajstić information content (AvgIpc) is 2.44. The van der Waals surface area contributed by atoms with Crippen molar-refractivity contribution in [1.29, 1.82) is 0 Å². The van der Waals surface area contributed by atoms with Crippen LogP contribution in [0.15, 0.2) is 12.1 Å². The number of hydrogen-bond donors (Lipinski definition) is 2. The third kappa shape index (κ3) is 3.51. The summed E-state index contributed by atoms with van der Waals surface area (Å²) in [6.07, 6.45) is 4.14. The Labute approximate surface area is 144 Å². The molecule has 0 heterocycles. The topological polar surface area (TPSA) is 43.7 Å². The van der Waals surface area contributed by atoms with Crippen LogP contribution in [0.1, 0.15) is 43.6 Å². The molecule has 1 unspecified atom stereocenters. The molecule has 2 N–H and O–H groups in total. The second kappa shape index (κ2) is 6.60. The average molecular weight is 303 g/mol. The minimum Gasteiger partial charge on any atom is -0.509 e. The first-order valence-electron chi connectivity index (χ1n) is 7.95. The molecule has 7 heteroatoms. The highest BCUT2D eigenvalue weighted by Gasteiger charge is 2.47. The number of aliphatic hydroxyl groups is 1. The van der Waals surface area contributed by atoms with E-state index in [4.69, 9.17) is 31.4 Å². The lowest BCUT2D eigenvalue weighted by atomic mass is 9.47. The normalized spacial score (nSPS) is 19.7. The van der Waals surface area contributed by atoms with Crippen molar-refractivity contribution in [1.82, 2.24) is 4.90 Å². The molecule has 1 aromatic rings. The Kier molecular flexibility index (Phi) is 5.32. The van der Waals surface area contributed by atoms with E-state index in [-0.39, 0.29) is 16.7 Å². The van der Waals surface area contributed by atoms with Crippen molar-refractivity contribution in [3.8, 4) is 5.75 Å². The van der Waals surface area contributed by atoms with E-state index < -0.39 is 16.9 Å². The molecule has 2 rings (SSSR count). The fraction of sp³-hybridized carbons (Fsp3) is 0.625. The molecule has 114 valence electrons. The molecule has 0 aliphatic heterocycles. The van der Waals surface area contributed by atoms with Gasteiger partial charge in [-0.25, -0.2) is 0 Å². The molecule has 1 aliphatic rings. The number of aromatic hydroxyl groups is 1. The zero-order chi connectivity index (χ0) is 17.4. The van der Waals surface area contributed by atoms with Crippen LogP contribution in [0.4, 0.5) is 0 Å². The van der Waals surface area contributed by atoms with Crippen molar-refractivity contribution in [2.45, 2.75) is 49.0 Å². The predicted octanol–water partition coefficient (Wildman–Crippen LogP) is -0.689. The van der Waals surface area contributed by atoms with E-state index in [1.165, 1.54) is 0 Å². The smallest absolute Gasteiger partial charge is 0.118 e. The molecule has 1 fully saturated rings. The van der Waals surface area contributed by atoms with Crippen LogP contribution in [-0.4, -0.2) is 71.5 Å². The summed E-state index contributed by atoms with van der Waals surface area (Å²) in [5.74, 6) is -0.747. The molecule has 1 atom stereocenters. The molecule has 0 aromatic heterocycles. The first kappa shape index (κ1) is 18.5. The number of phenolic OH excluding ortho intramolecular Hbond substituents is 1. The molecule has 1 aromatic carbocycles. The summed E-state index contributed by atoms with van der Waals surface area (Å²) in [6.45, 7) is 0. The Morgan fingerprint density at radius 2 is 1.57 bits per heavy atom. The van der Waals surface area contributed by atoms with Crippen molar-refractivity contribution < 1.29 is 10.2 Å². The zero-order valence-electron chi connectivity index (χ0n) is 13.9. The van der Waals surface area contributed by atoms with Crippen LogP contribution in [-0.2, 0) is 0 Å². The number of hydrogen-bond acceptors (Lipinski definition) is 3. The van der Waals surface area contributed by atoms with Crippen LogP contribution in [0, 0.1) is 0 Å². The minimum absolute atomic E-state index is 0.152. The van der Waals surface area contributed by atoms with Crippen LogP contribution < -0.4 is 10.9 Å². The van der Waals surface area contributed by atoms with Gasteiger partial charge in [-0.05, 0) is 37.8 Å². The molecule has 8 radical (unpaired) electrons. The summed E-state index contributed by atoms with van der Waals surface area (Å²) >= 11 is 0. The highest BCUT2D eigenvalue weighted by Crippen LogP contribution is 2.45. The summed E-state index contributed by atoms with van der Waals surface area (Å²) in [5.41, 5.74) is -0.0964. The van der Waals surface area contributed by atoms with Gasteiger partial charge in [-0.1, -0.05) is 42.3 Å². The Hall–Kier alpha value is -0.800. The first-order chi connectivity index (χ1) is 10.6. The second-order valence-corrected chi connectivity index (χ2v) is 6.93. The van der Waals surface area contributed by atoms with Gasteiger partial charge in [0.05, 0.1) is 21.3 Å². The van der Waals surface area contributed by atoms with Crippen LogP contribution >= 0.6 is 0 Å². The molecule has 1 aliphatic carbocycles. The molecule has 23 heavy (non-hydrogen) atoms. The van der Waals surface area contributed by atoms with Gasteiger partial charge in [0.15, 0.2) is 0 Å². The first-order valence-corrected chi connectivity index (χ1v) is 7.95. The maximum atomic E-state index is 11.3. The summed E-state index contributed by atoms with van der Waals surface area (Å²) in [6, 6.07) is 3.20. The van der Waals surface area contributed by atoms with Gasteiger partial charge in [0.25, 0.3) is 0 Å². The van der Waals surface area contributed by atoms with Crippen molar-refractivity contribution in [3.63, 3.8) is 0 Å². The maximum absolute atomic E-state index is 11.3. The molecule has 0 bridgehead atoms. The highest BCUT2D eigenvalue weighted by molar-refractivity contribution is 6.42. The zero-order valence-corrected chi connectivity index (χ0v) is 13.9. The Bertz CT molecular complexity index is 548. The van der Waals surface area contributed by atoms with Gasteiger partial charge in [-0.15, -0.1) is 0 Å². The van der Waals surface area contributed by atoms with Gasteiger partial charge in [0.2, 0.25) is 0 Å². The SMILES string of the molecule is [B]c1cc(C(C2(O)CCCCC2)C([B])([B])N(C)C)cc([B])c1O. The summed E-state index contributed by atoms with van der Waals surface area (Å²) in [5, 5.41) is 19.8. The molecule has 1 saturated carbocycles. The van der Waals surface area contributed by atoms with E-state index in [0.717, 1.165) is 19.3 Å². The quantitative estimate of drug-likeness (QED) is 0.724. The van der Waals surface area contributed by atoms with E-state index in [2.05, 4.69) is 0 Å². The Morgan fingerprint density at radius 3 is 2.00 bits per heavy atom. The highest BCUT2D eigenvalue weighted by atomic mass is 16.3. The van der Waals surface area contributed by atoms with E-state index in [1.807, 2.05) is 0 Å². The Morgan fingerprint density at radius 1 is 1.09 bits per heavy atom. The van der Waals surface area contributed by atoms with Gasteiger partial charge < -0.3 is 15.1 Å². The predicted molar refractivity (Wildman–Crippen MR) is 97.6 cm³/mol. The van der Waals surface area contributed by atoms with Crippen molar-refractivity contribution in [2.75, 3.05) is 14.1 Å². The molecule has 3 nitrogen and oxygen atoms in total. The number of benzene rings is 1. The number of likely N-dealkylation sites (N-methyl/N-ethyl adjacent to an activating group) is 1. The summed E-state index contributed by atoms with van der Waals surface area (Å²) in [7, 11) is 28.0. The van der Waals surface area contributed by atoms with E-state index in [1.54, 1.807) is 31.1 Å². The largest absolute Gasteiger partial charge is 0.509 e. The van der Waals surface area contributed by atoms with E-state index in [9.17, 15) is 10.2 Å². The van der Waals surface area contributed by atoms with Crippen LogP contribution in [0.3, 0.4) is 0 Å². The second-order valence-electron chi connectivity index (χ2n) is 6.93. The molecule has 0 amide bonds. The monoisotopic (exact) mass is 303 g/mol. The number of rotatable bonds is 4. The molecule has 0 saturated heterocycles. The van der Waals surface area contributed by atoms with Gasteiger partial charge in [0, 0.05) is 5.92 Å². The van der Waals surface area contributed by atoms with E-state index >= 15 is 0 Å². The van der Waals surface area contributed by atoms with Crippen LogP contribution in [0.2, 0.25) is 0 Å². The standard InChI is InChI=1S/C16H21B4NO2/c1-21(2)16(19,20)14(15(23)6-4-3-5-7-15)10-8-11(17)13(22)12(18)9-10/h8-9,14,22-23H,3-7H2,1-2H3.